The average Bonchev–Trinajstić information content (AvgIpc) is 3.51. The van der Waals surface area contributed by atoms with E-state index in [1.54, 1.807) is 30.3 Å². The lowest BCUT2D eigenvalue weighted by molar-refractivity contribution is -0.116. The van der Waals surface area contributed by atoms with E-state index < -0.39 is 11.6 Å². The third kappa shape index (κ3) is 9.45. The van der Waals surface area contributed by atoms with E-state index in [-0.39, 0.29) is 42.0 Å². The number of thioether (sulfide) groups is 1. The van der Waals surface area contributed by atoms with Crippen LogP contribution in [0.5, 0.6) is 5.75 Å². The molecule has 0 saturated heterocycles. The van der Waals surface area contributed by atoms with Gasteiger partial charge in [-0.3, -0.25) is 9.59 Å². The van der Waals surface area contributed by atoms with Crippen LogP contribution in [0, 0.1) is 11.6 Å². The van der Waals surface area contributed by atoms with Crippen molar-refractivity contribution in [2.75, 3.05) is 21.7 Å². The molecule has 1 N–H and O–H groups in total. The predicted molar refractivity (Wildman–Crippen MR) is 171 cm³/mol. The number of anilines is 1. The number of carbonyl (C=O) groups excluding carboxylic acids is 2. The Hall–Kier alpha value is -2.60. The third-order valence-corrected chi connectivity index (χ3v) is 8.94. The number of unbranched alkanes of at least 4 members (excludes halogenated alkanes) is 8. The number of alkyl halides is 1. The molecule has 3 aromatic rings. The van der Waals surface area contributed by atoms with E-state index in [2.05, 4.69) is 27.9 Å². The Balaban J connectivity index is 1.28. The number of nitrogens with one attached hydrogen (secondary N) is 1. The smallest absolute Gasteiger partial charge is 0.251 e. The van der Waals surface area contributed by atoms with Crippen LogP contribution in [0.3, 0.4) is 0 Å². The molecular formula is C32H37F2IN2O4S. The van der Waals surface area contributed by atoms with Crippen LogP contribution in [-0.4, -0.2) is 28.6 Å². The van der Waals surface area contributed by atoms with Gasteiger partial charge in [0.25, 0.3) is 5.91 Å². The zero-order chi connectivity index (χ0) is 29.7. The van der Waals surface area contributed by atoms with Crippen molar-refractivity contribution in [3.8, 4) is 5.75 Å². The second kappa shape index (κ2) is 16.9. The van der Waals surface area contributed by atoms with Gasteiger partial charge in [0.15, 0.2) is 0 Å². The maximum Gasteiger partial charge on any atom is 0.251 e. The van der Waals surface area contributed by atoms with Gasteiger partial charge in [-0.2, -0.15) is 0 Å². The molecule has 0 spiro atoms. The van der Waals surface area contributed by atoms with Gasteiger partial charge in [0.2, 0.25) is 5.91 Å². The van der Waals surface area contributed by atoms with Crippen molar-refractivity contribution >= 4 is 51.9 Å². The van der Waals surface area contributed by atoms with E-state index in [0.717, 1.165) is 19.3 Å². The topological polar surface area (TPSA) is 71.8 Å². The van der Waals surface area contributed by atoms with E-state index in [9.17, 15) is 9.59 Å². The van der Waals surface area contributed by atoms with Crippen molar-refractivity contribution in [2.45, 2.75) is 75.8 Å². The van der Waals surface area contributed by atoms with Gasteiger partial charge in [0.1, 0.15) is 23.1 Å². The highest BCUT2D eigenvalue weighted by Crippen LogP contribution is 2.37. The van der Waals surface area contributed by atoms with Crippen molar-refractivity contribution < 1.29 is 27.5 Å². The fraction of sp³-hybridized carbons (Fsp3) is 0.438. The second-order valence-electron chi connectivity index (χ2n) is 10.3. The number of ether oxygens (including phenoxy) is 1. The average molecular weight is 711 g/mol. The fourth-order valence-electron chi connectivity index (χ4n) is 4.80. The van der Waals surface area contributed by atoms with Gasteiger partial charge in [0.05, 0.1) is 37.4 Å². The lowest BCUT2D eigenvalue weighted by Crippen LogP contribution is -2.35. The minimum Gasteiger partial charge on any atom is -0.493 e. The molecular weight excluding hydrogens is 673 g/mol. The Labute approximate surface area is 264 Å². The molecule has 42 heavy (non-hydrogen) atoms. The first-order valence-corrected chi connectivity index (χ1v) is 17.0. The molecule has 1 aliphatic rings. The Morgan fingerprint density at radius 1 is 0.976 bits per heavy atom. The number of rotatable bonds is 17. The van der Waals surface area contributed by atoms with Gasteiger partial charge in [-0.15, -0.1) is 11.8 Å². The van der Waals surface area contributed by atoms with Crippen LogP contribution in [0.2, 0.25) is 0 Å². The first-order chi connectivity index (χ1) is 20.5. The third-order valence-electron chi connectivity index (χ3n) is 7.15. The van der Waals surface area contributed by atoms with Crippen LogP contribution in [0.15, 0.2) is 58.0 Å². The summed E-state index contributed by atoms with van der Waals surface area (Å²) in [6.07, 6.45) is 12.2. The van der Waals surface area contributed by atoms with Crippen LogP contribution < -0.4 is 15.0 Å². The number of benzene rings is 2. The molecule has 10 heteroatoms. The Morgan fingerprint density at radius 3 is 2.33 bits per heavy atom. The second-order valence-corrected chi connectivity index (χ2v) is 12.4. The normalized spacial score (nSPS) is 12.8. The van der Waals surface area contributed by atoms with Crippen molar-refractivity contribution in [2.24, 2.45) is 0 Å². The number of fused-ring (bicyclic) bond motifs is 1. The van der Waals surface area contributed by atoms with Gasteiger partial charge in [-0.1, -0.05) is 67.5 Å². The number of halogens is 3. The Kier molecular flexibility index (Phi) is 13.0. The number of furan rings is 1. The molecule has 0 aliphatic carbocycles. The maximum atomic E-state index is 15.0. The molecule has 2 aromatic carbocycles. The highest BCUT2D eigenvalue weighted by molar-refractivity contribution is 14.1. The van der Waals surface area contributed by atoms with E-state index in [1.165, 1.54) is 78.0 Å². The van der Waals surface area contributed by atoms with Gasteiger partial charge in [-0.05, 0) is 47.6 Å². The summed E-state index contributed by atoms with van der Waals surface area (Å²) in [6, 6.07) is 10.8. The van der Waals surface area contributed by atoms with E-state index in [0.29, 0.717) is 28.5 Å². The zero-order valence-electron chi connectivity index (χ0n) is 23.6. The molecule has 0 saturated carbocycles. The van der Waals surface area contributed by atoms with Crippen LogP contribution in [0.4, 0.5) is 14.5 Å². The van der Waals surface area contributed by atoms with Crippen LogP contribution in [0.25, 0.3) is 0 Å². The maximum absolute atomic E-state index is 15.0. The summed E-state index contributed by atoms with van der Waals surface area (Å²) >= 11 is 3.71. The molecule has 226 valence electrons. The molecule has 6 nitrogen and oxygen atoms in total. The summed E-state index contributed by atoms with van der Waals surface area (Å²) in [5.41, 5.74) is 0.731. The standard InChI is InChI=1S/C32H37F2IN2O4S/c33-27-18-25(41-15-9-7-5-3-1-2-4-6-8-14-35)19-28(34)26(27)21-37-29-13-12-23(17-30(29)42-22-31(37)38)32(39)36-20-24-11-10-16-40-24/h10-13,16-19H,1-9,14-15,20-22H2,(H,36,39). The first kappa shape index (κ1) is 32.3. The van der Waals surface area contributed by atoms with Crippen molar-refractivity contribution in [1.29, 1.82) is 0 Å². The van der Waals surface area contributed by atoms with Crippen LogP contribution >= 0.6 is 34.4 Å². The Bertz CT molecular complexity index is 1300. The molecule has 2 amide bonds. The molecule has 0 fully saturated rings. The van der Waals surface area contributed by atoms with Gasteiger partial charge in [0, 0.05) is 28.2 Å². The molecule has 0 unspecified atom stereocenters. The summed E-state index contributed by atoms with van der Waals surface area (Å²) in [4.78, 5) is 27.5. The molecule has 1 aromatic heterocycles. The highest BCUT2D eigenvalue weighted by atomic mass is 127. The number of amides is 2. The minimum absolute atomic E-state index is 0.105. The Morgan fingerprint density at radius 2 is 1.67 bits per heavy atom. The van der Waals surface area contributed by atoms with Crippen LogP contribution in [0.1, 0.15) is 79.5 Å². The van der Waals surface area contributed by atoms with Crippen molar-refractivity contribution in [1.82, 2.24) is 5.32 Å². The van der Waals surface area contributed by atoms with E-state index in [1.807, 2.05) is 0 Å². The first-order valence-electron chi connectivity index (χ1n) is 14.5. The van der Waals surface area contributed by atoms with Gasteiger partial charge < -0.3 is 19.4 Å². The predicted octanol–water partition coefficient (Wildman–Crippen LogP) is 8.45. The summed E-state index contributed by atoms with van der Waals surface area (Å²) in [7, 11) is 0. The molecule has 0 bridgehead atoms. The number of hydrogen-bond acceptors (Lipinski definition) is 5. The lowest BCUT2D eigenvalue weighted by atomic mass is 10.1. The number of carbonyl (C=O) groups is 2. The lowest BCUT2D eigenvalue weighted by Gasteiger charge is -2.29. The van der Waals surface area contributed by atoms with E-state index >= 15 is 8.78 Å². The molecule has 0 radical (unpaired) electrons. The molecule has 2 heterocycles. The minimum atomic E-state index is -0.755. The SMILES string of the molecule is O=C(NCc1ccco1)c1ccc2c(c1)SCC(=O)N2Cc1c(F)cc(OCCCCCCCCCCCI)cc1F. The fourth-order valence-corrected chi connectivity index (χ4v) is 6.31. The summed E-state index contributed by atoms with van der Waals surface area (Å²) in [5, 5.41) is 2.79. The zero-order valence-corrected chi connectivity index (χ0v) is 26.6. The largest absolute Gasteiger partial charge is 0.493 e. The quantitative estimate of drug-likeness (QED) is 0.0866. The number of hydrogen-bond donors (Lipinski definition) is 1. The summed E-state index contributed by atoms with van der Waals surface area (Å²) in [5.74, 6) is -1.18. The molecule has 1 aliphatic heterocycles. The molecule has 0 atom stereocenters. The van der Waals surface area contributed by atoms with Crippen LogP contribution in [-0.2, 0) is 17.9 Å². The van der Waals surface area contributed by atoms with E-state index in [4.69, 9.17) is 9.15 Å². The van der Waals surface area contributed by atoms with Gasteiger partial charge in [-0.25, -0.2) is 8.78 Å². The summed E-state index contributed by atoms with van der Waals surface area (Å²) < 4.78 is 42.2. The molecule has 4 rings (SSSR count). The van der Waals surface area contributed by atoms with Crippen molar-refractivity contribution in [3.63, 3.8) is 0 Å². The summed E-state index contributed by atoms with van der Waals surface area (Å²) in [6.45, 7) is 0.394. The highest BCUT2D eigenvalue weighted by Gasteiger charge is 2.28. The monoisotopic (exact) mass is 710 g/mol. The number of nitrogens with zero attached hydrogens (tertiary/aromatic N) is 1. The van der Waals surface area contributed by atoms with Gasteiger partial charge >= 0.3 is 0 Å². The van der Waals surface area contributed by atoms with Crippen molar-refractivity contribution in [3.05, 3.63) is 77.2 Å².